The zero-order valence-electron chi connectivity index (χ0n) is 21.5. The number of aromatic amines is 1. The van der Waals surface area contributed by atoms with E-state index in [1.54, 1.807) is 10.9 Å². The maximum Gasteiger partial charge on any atom is 0.252 e. The van der Waals surface area contributed by atoms with Gasteiger partial charge in [0.15, 0.2) is 5.82 Å². The van der Waals surface area contributed by atoms with E-state index in [4.69, 9.17) is 4.42 Å². The van der Waals surface area contributed by atoms with Gasteiger partial charge >= 0.3 is 0 Å². The monoisotopic (exact) mass is 496 g/mol. The van der Waals surface area contributed by atoms with Crippen LogP contribution in [0.15, 0.2) is 76.1 Å². The number of hydrogen-bond acceptors (Lipinski definition) is 6. The molecular formula is C29H32N6O2. The molecule has 0 saturated carbocycles. The van der Waals surface area contributed by atoms with Gasteiger partial charge in [0, 0.05) is 24.0 Å². The number of hydrogen-bond donors (Lipinski definition) is 1. The first-order valence-corrected chi connectivity index (χ1v) is 12.7. The van der Waals surface area contributed by atoms with Gasteiger partial charge in [-0.1, -0.05) is 49.4 Å². The SMILES string of the molecule is CCC(c1nnnn1Cc1ccco1)N(CCc1ccccc1)Cc1cc2c(C)ccc(C)c2[nH]c1=O. The Bertz CT molecular complexity index is 1520. The number of H-pyrrole nitrogens is 1. The van der Waals surface area contributed by atoms with Crippen molar-refractivity contribution in [3.05, 3.63) is 111 Å². The third kappa shape index (κ3) is 5.39. The summed E-state index contributed by atoms with van der Waals surface area (Å²) in [6, 6.07) is 20.3. The first-order chi connectivity index (χ1) is 18.0. The zero-order valence-corrected chi connectivity index (χ0v) is 21.5. The van der Waals surface area contributed by atoms with E-state index < -0.39 is 0 Å². The van der Waals surface area contributed by atoms with Crippen LogP contribution < -0.4 is 5.56 Å². The van der Waals surface area contributed by atoms with Crippen LogP contribution in [0.1, 0.15) is 53.2 Å². The van der Waals surface area contributed by atoms with Crippen molar-refractivity contribution >= 4 is 10.9 Å². The number of aromatic nitrogens is 5. The summed E-state index contributed by atoms with van der Waals surface area (Å²) in [4.78, 5) is 18.7. The molecule has 0 aliphatic rings. The number of aryl methyl sites for hydroxylation is 2. The molecule has 8 heteroatoms. The van der Waals surface area contributed by atoms with Gasteiger partial charge in [-0.25, -0.2) is 4.68 Å². The normalized spacial score (nSPS) is 12.4. The summed E-state index contributed by atoms with van der Waals surface area (Å²) in [5, 5.41) is 13.7. The highest BCUT2D eigenvalue weighted by atomic mass is 16.3. The average Bonchev–Trinajstić information content (AvgIpc) is 3.59. The van der Waals surface area contributed by atoms with Gasteiger partial charge in [-0.3, -0.25) is 9.69 Å². The molecule has 1 atom stereocenters. The van der Waals surface area contributed by atoms with Gasteiger partial charge < -0.3 is 9.40 Å². The number of furan rings is 1. The van der Waals surface area contributed by atoms with Gasteiger partial charge in [0.2, 0.25) is 0 Å². The number of pyridine rings is 1. The van der Waals surface area contributed by atoms with Crippen LogP contribution in [0.4, 0.5) is 0 Å². The van der Waals surface area contributed by atoms with E-state index in [9.17, 15) is 4.79 Å². The predicted octanol–water partition coefficient (Wildman–Crippen LogP) is 4.97. The van der Waals surface area contributed by atoms with Gasteiger partial charge in [0.1, 0.15) is 12.3 Å². The smallest absolute Gasteiger partial charge is 0.252 e. The summed E-state index contributed by atoms with van der Waals surface area (Å²) >= 11 is 0. The van der Waals surface area contributed by atoms with Crippen molar-refractivity contribution in [2.45, 2.75) is 52.7 Å². The third-order valence-electron chi connectivity index (χ3n) is 7.00. The average molecular weight is 497 g/mol. The van der Waals surface area contributed by atoms with Crippen molar-refractivity contribution in [1.29, 1.82) is 0 Å². The van der Waals surface area contributed by atoms with Gasteiger partial charge in [-0.15, -0.1) is 5.10 Å². The lowest BCUT2D eigenvalue weighted by Crippen LogP contribution is -2.34. The molecule has 5 aromatic rings. The van der Waals surface area contributed by atoms with E-state index in [1.165, 1.54) is 5.56 Å². The van der Waals surface area contributed by atoms with Gasteiger partial charge in [-0.2, -0.15) is 0 Å². The highest BCUT2D eigenvalue weighted by Crippen LogP contribution is 2.26. The van der Waals surface area contributed by atoms with E-state index in [-0.39, 0.29) is 11.6 Å². The van der Waals surface area contributed by atoms with Crippen LogP contribution in [-0.2, 0) is 19.5 Å². The highest BCUT2D eigenvalue weighted by Gasteiger charge is 2.26. The second-order valence-electron chi connectivity index (χ2n) is 9.52. The predicted molar refractivity (Wildman–Crippen MR) is 143 cm³/mol. The summed E-state index contributed by atoms with van der Waals surface area (Å²) in [5.41, 5.74) is 5.03. The van der Waals surface area contributed by atoms with E-state index in [0.717, 1.165) is 58.6 Å². The topological polar surface area (TPSA) is 92.8 Å². The van der Waals surface area contributed by atoms with Crippen LogP contribution in [0, 0.1) is 13.8 Å². The second-order valence-corrected chi connectivity index (χ2v) is 9.52. The second kappa shape index (κ2) is 10.9. The summed E-state index contributed by atoms with van der Waals surface area (Å²) < 4.78 is 7.33. The molecule has 0 fully saturated rings. The fraction of sp³-hybridized carbons (Fsp3) is 0.310. The van der Waals surface area contributed by atoms with Crippen molar-refractivity contribution in [3.8, 4) is 0 Å². The minimum Gasteiger partial charge on any atom is -0.467 e. The Labute approximate surface area is 215 Å². The molecule has 1 N–H and O–H groups in total. The molecule has 190 valence electrons. The summed E-state index contributed by atoms with van der Waals surface area (Å²) in [6.45, 7) is 7.92. The number of benzene rings is 2. The largest absolute Gasteiger partial charge is 0.467 e. The van der Waals surface area contributed by atoms with E-state index >= 15 is 0 Å². The Hall–Kier alpha value is -4.04. The van der Waals surface area contributed by atoms with Crippen molar-refractivity contribution in [3.63, 3.8) is 0 Å². The summed E-state index contributed by atoms with van der Waals surface area (Å²) in [5.74, 6) is 1.55. The highest BCUT2D eigenvalue weighted by molar-refractivity contribution is 5.85. The molecule has 0 saturated heterocycles. The Morgan fingerprint density at radius 2 is 1.86 bits per heavy atom. The molecule has 0 bridgehead atoms. The van der Waals surface area contributed by atoms with Crippen molar-refractivity contribution in [2.75, 3.05) is 6.54 Å². The molecule has 8 nitrogen and oxygen atoms in total. The Morgan fingerprint density at radius 3 is 2.62 bits per heavy atom. The minimum atomic E-state index is -0.0811. The van der Waals surface area contributed by atoms with Gasteiger partial charge in [-0.05, 0) is 72.0 Å². The van der Waals surface area contributed by atoms with Crippen molar-refractivity contribution in [2.24, 2.45) is 0 Å². The molecule has 2 aromatic carbocycles. The van der Waals surface area contributed by atoms with Crippen LogP contribution in [0.3, 0.4) is 0 Å². The molecule has 3 aromatic heterocycles. The first-order valence-electron chi connectivity index (χ1n) is 12.7. The number of tetrazole rings is 1. The van der Waals surface area contributed by atoms with Crippen LogP contribution in [0.5, 0.6) is 0 Å². The van der Waals surface area contributed by atoms with E-state index in [2.05, 4.69) is 69.6 Å². The molecule has 0 aliphatic heterocycles. The van der Waals surface area contributed by atoms with Crippen LogP contribution >= 0.6 is 0 Å². The fourth-order valence-corrected chi connectivity index (χ4v) is 4.93. The lowest BCUT2D eigenvalue weighted by atomic mass is 10.0. The van der Waals surface area contributed by atoms with Gasteiger partial charge in [0.05, 0.1) is 17.8 Å². The minimum absolute atomic E-state index is 0.0593. The van der Waals surface area contributed by atoms with Crippen LogP contribution in [0.2, 0.25) is 0 Å². The molecule has 37 heavy (non-hydrogen) atoms. The number of nitrogens with one attached hydrogen (secondary N) is 1. The maximum atomic E-state index is 13.2. The van der Waals surface area contributed by atoms with Crippen LogP contribution in [0.25, 0.3) is 10.9 Å². The Kier molecular flexibility index (Phi) is 7.28. The van der Waals surface area contributed by atoms with E-state index in [1.807, 2.05) is 37.3 Å². The molecule has 0 spiro atoms. The molecule has 0 amide bonds. The van der Waals surface area contributed by atoms with Gasteiger partial charge in [0.25, 0.3) is 5.56 Å². The standard InChI is InChI=1S/C29H32N6O2/c1-4-26(28-31-32-33-35(28)19-24-11-8-16-37-24)34(15-14-22-9-6-5-7-10-22)18-23-17-25-20(2)12-13-21(3)27(25)30-29(23)36/h5-13,16-17,26H,4,14-15,18-19H2,1-3H3,(H,30,36). The molecule has 0 aliphatic carbocycles. The number of rotatable bonds is 10. The van der Waals surface area contributed by atoms with Crippen LogP contribution in [-0.4, -0.2) is 36.6 Å². The lowest BCUT2D eigenvalue weighted by molar-refractivity contribution is 0.172. The fourth-order valence-electron chi connectivity index (χ4n) is 4.93. The lowest BCUT2D eigenvalue weighted by Gasteiger charge is -2.30. The van der Waals surface area contributed by atoms with Crippen molar-refractivity contribution < 1.29 is 4.42 Å². The molecule has 3 heterocycles. The summed E-state index contributed by atoms with van der Waals surface area (Å²) in [7, 11) is 0. The zero-order chi connectivity index (χ0) is 25.8. The molecular weight excluding hydrogens is 464 g/mol. The molecule has 1 unspecified atom stereocenters. The van der Waals surface area contributed by atoms with E-state index in [0.29, 0.717) is 13.1 Å². The molecule has 5 rings (SSSR count). The third-order valence-corrected chi connectivity index (χ3v) is 7.00. The quantitative estimate of drug-likeness (QED) is 0.294. The van der Waals surface area contributed by atoms with Crippen molar-refractivity contribution in [1.82, 2.24) is 30.1 Å². The number of fused-ring (bicyclic) bond motifs is 1. The first kappa shape index (κ1) is 24.6. The Balaban J connectivity index is 1.50. The Morgan fingerprint density at radius 1 is 1.05 bits per heavy atom. The summed E-state index contributed by atoms with van der Waals surface area (Å²) in [6.07, 6.45) is 3.29. The maximum absolute atomic E-state index is 13.2. The number of nitrogens with zero attached hydrogens (tertiary/aromatic N) is 5. The molecule has 0 radical (unpaired) electrons.